The van der Waals surface area contributed by atoms with Crippen LogP contribution >= 0.6 is 11.3 Å². The van der Waals surface area contributed by atoms with Gasteiger partial charge in [-0.05, 0) is 48.7 Å². The van der Waals surface area contributed by atoms with E-state index >= 15 is 0 Å². The van der Waals surface area contributed by atoms with Crippen molar-refractivity contribution < 1.29 is 18.7 Å². The molecular formula is C26H30FN3O3S. The summed E-state index contributed by atoms with van der Waals surface area (Å²) in [5.41, 5.74) is 1.16. The molecule has 2 atom stereocenters. The maximum absolute atomic E-state index is 14.3. The molecule has 1 saturated heterocycles. The SMILES string of the molecule is COc1ccc(C(=O)N[C@@H](C)[C@@H](c2cccs2)N2CCN(c3ccccc3F)CC2)cc1OC. The topological polar surface area (TPSA) is 54.0 Å². The third kappa shape index (κ3) is 5.18. The van der Waals surface area contributed by atoms with Gasteiger partial charge in [0, 0.05) is 42.7 Å². The fourth-order valence-electron chi connectivity index (χ4n) is 4.50. The number of anilines is 1. The maximum atomic E-state index is 14.3. The Bertz CT molecular complexity index is 1100. The minimum absolute atomic E-state index is 0.0202. The van der Waals surface area contributed by atoms with E-state index < -0.39 is 0 Å². The smallest absolute Gasteiger partial charge is 0.251 e. The lowest BCUT2D eigenvalue weighted by molar-refractivity contribution is 0.0890. The Morgan fingerprint density at radius 2 is 1.74 bits per heavy atom. The number of carbonyl (C=O) groups excluding carboxylic acids is 1. The first-order chi connectivity index (χ1) is 16.5. The second kappa shape index (κ2) is 10.9. The van der Waals surface area contributed by atoms with E-state index in [2.05, 4.69) is 26.6 Å². The molecule has 0 radical (unpaired) electrons. The van der Waals surface area contributed by atoms with Crippen molar-refractivity contribution in [3.05, 3.63) is 76.2 Å². The van der Waals surface area contributed by atoms with Crippen LogP contribution in [0, 0.1) is 5.82 Å². The molecule has 1 N–H and O–H groups in total. The van der Waals surface area contributed by atoms with Gasteiger partial charge in [0.05, 0.1) is 25.9 Å². The lowest BCUT2D eigenvalue weighted by Gasteiger charge is -2.42. The van der Waals surface area contributed by atoms with E-state index in [9.17, 15) is 9.18 Å². The second-order valence-electron chi connectivity index (χ2n) is 8.27. The molecule has 0 saturated carbocycles. The number of thiophene rings is 1. The number of piperazine rings is 1. The molecule has 1 fully saturated rings. The van der Waals surface area contributed by atoms with Gasteiger partial charge in [-0.25, -0.2) is 4.39 Å². The molecule has 2 heterocycles. The summed E-state index contributed by atoms with van der Waals surface area (Å²) in [6, 6.07) is 16.1. The average Bonchev–Trinajstić information content (AvgIpc) is 3.39. The maximum Gasteiger partial charge on any atom is 0.251 e. The summed E-state index contributed by atoms with van der Waals surface area (Å²) < 4.78 is 24.9. The van der Waals surface area contributed by atoms with Crippen LogP contribution in [0.4, 0.5) is 10.1 Å². The van der Waals surface area contributed by atoms with Crippen molar-refractivity contribution in [2.24, 2.45) is 0 Å². The number of amides is 1. The Labute approximate surface area is 203 Å². The van der Waals surface area contributed by atoms with E-state index in [0.717, 1.165) is 26.2 Å². The summed E-state index contributed by atoms with van der Waals surface area (Å²) in [7, 11) is 3.12. The normalized spacial score (nSPS) is 16.1. The van der Waals surface area contributed by atoms with Crippen molar-refractivity contribution in [3.8, 4) is 11.5 Å². The first-order valence-electron chi connectivity index (χ1n) is 11.3. The summed E-state index contributed by atoms with van der Waals surface area (Å²) >= 11 is 1.68. The van der Waals surface area contributed by atoms with E-state index in [4.69, 9.17) is 9.47 Å². The van der Waals surface area contributed by atoms with Crippen LogP contribution in [0.2, 0.25) is 0 Å². The van der Waals surface area contributed by atoms with Gasteiger partial charge in [0.1, 0.15) is 5.82 Å². The van der Waals surface area contributed by atoms with E-state index in [0.29, 0.717) is 22.7 Å². The Kier molecular flexibility index (Phi) is 7.70. The molecular weight excluding hydrogens is 453 g/mol. The van der Waals surface area contributed by atoms with Crippen molar-refractivity contribution in [2.45, 2.75) is 19.0 Å². The number of para-hydroxylation sites is 1. The molecule has 0 aliphatic carbocycles. The Morgan fingerprint density at radius 3 is 2.38 bits per heavy atom. The number of nitrogens with one attached hydrogen (secondary N) is 1. The van der Waals surface area contributed by atoms with E-state index in [-0.39, 0.29) is 23.8 Å². The lowest BCUT2D eigenvalue weighted by atomic mass is 10.0. The molecule has 180 valence electrons. The van der Waals surface area contributed by atoms with Crippen LogP contribution in [0.1, 0.15) is 28.2 Å². The van der Waals surface area contributed by atoms with Crippen LogP contribution in [-0.2, 0) is 0 Å². The van der Waals surface area contributed by atoms with Crippen LogP contribution in [0.25, 0.3) is 0 Å². The molecule has 1 aliphatic heterocycles. The molecule has 34 heavy (non-hydrogen) atoms. The van der Waals surface area contributed by atoms with Crippen molar-refractivity contribution in [1.29, 1.82) is 0 Å². The average molecular weight is 484 g/mol. The third-order valence-corrected chi connectivity index (χ3v) is 7.16. The number of hydrogen-bond acceptors (Lipinski definition) is 6. The predicted octanol–water partition coefficient (Wildman–Crippen LogP) is 4.59. The third-order valence-electron chi connectivity index (χ3n) is 6.21. The Morgan fingerprint density at radius 1 is 1.00 bits per heavy atom. The van der Waals surface area contributed by atoms with Gasteiger partial charge < -0.3 is 19.7 Å². The number of nitrogens with zero attached hydrogens (tertiary/aromatic N) is 2. The summed E-state index contributed by atoms with van der Waals surface area (Å²) in [5.74, 6) is 0.736. The second-order valence-corrected chi connectivity index (χ2v) is 9.25. The van der Waals surface area contributed by atoms with Gasteiger partial charge in [0.15, 0.2) is 11.5 Å². The van der Waals surface area contributed by atoms with Gasteiger partial charge in [-0.3, -0.25) is 9.69 Å². The Hall–Kier alpha value is -3.10. The number of methoxy groups -OCH3 is 2. The number of benzene rings is 2. The molecule has 1 aromatic heterocycles. The molecule has 0 bridgehead atoms. The lowest BCUT2D eigenvalue weighted by Crippen LogP contribution is -2.52. The van der Waals surface area contributed by atoms with Crippen molar-refractivity contribution >= 4 is 22.9 Å². The molecule has 0 unspecified atom stereocenters. The highest BCUT2D eigenvalue weighted by Crippen LogP contribution is 2.32. The summed E-state index contributed by atoms with van der Waals surface area (Å²) in [4.78, 5) is 18.7. The minimum Gasteiger partial charge on any atom is -0.493 e. The van der Waals surface area contributed by atoms with Gasteiger partial charge in [-0.2, -0.15) is 0 Å². The van der Waals surface area contributed by atoms with E-state index in [1.165, 1.54) is 10.9 Å². The minimum atomic E-state index is -0.193. The van der Waals surface area contributed by atoms with Crippen molar-refractivity contribution in [1.82, 2.24) is 10.2 Å². The van der Waals surface area contributed by atoms with E-state index in [1.54, 1.807) is 49.8 Å². The fourth-order valence-corrected chi connectivity index (χ4v) is 5.46. The van der Waals surface area contributed by atoms with Gasteiger partial charge in [-0.1, -0.05) is 18.2 Å². The standard InChI is InChI=1S/C26H30FN3O3S/c1-18(28-26(31)19-10-11-22(32-2)23(17-19)33-3)25(24-9-6-16-34-24)30-14-12-29(13-15-30)21-8-5-4-7-20(21)27/h4-11,16-18,25H,12-15H2,1-3H3,(H,28,31)/t18-,25-/m0/s1. The van der Waals surface area contributed by atoms with Gasteiger partial charge >= 0.3 is 0 Å². The fraction of sp³-hybridized carbons (Fsp3) is 0.346. The Balaban J connectivity index is 1.48. The largest absolute Gasteiger partial charge is 0.493 e. The highest BCUT2D eigenvalue weighted by atomic mass is 32.1. The zero-order valence-electron chi connectivity index (χ0n) is 19.7. The van der Waals surface area contributed by atoms with Crippen LogP contribution in [0.5, 0.6) is 11.5 Å². The highest BCUT2D eigenvalue weighted by Gasteiger charge is 2.31. The van der Waals surface area contributed by atoms with Gasteiger partial charge in [0.25, 0.3) is 5.91 Å². The molecule has 6 nitrogen and oxygen atoms in total. The zero-order chi connectivity index (χ0) is 24.1. The van der Waals surface area contributed by atoms with E-state index in [1.807, 2.05) is 25.1 Å². The summed E-state index contributed by atoms with van der Waals surface area (Å²) in [6.45, 7) is 5.02. The number of ether oxygens (including phenoxy) is 2. The highest BCUT2D eigenvalue weighted by molar-refractivity contribution is 7.10. The molecule has 3 aromatic rings. The molecule has 2 aromatic carbocycles. The van der Waals surface area contributed by atoms with Crippen molar-refractivity contribution in [2.75, 3.05) is 45.3 Å². The first-order valence-corrected chi connectivity index (χ1v) is 12.2. The zero-order valence-corrected chi connectivity index (χ0v) is 20.5. The van der Waals surface area contributed by atoms with Crippen LogP contribution < -0.4 is 19.7 Å². The van der Waals surface area contributed by atoms with Crippen LogP contribution in [0.3, 0.4) is 0 Å². The van der Waals surface area contributed by atoms with Crippen molar-refractivity contribution in [3.63, 3.8) is 0 Å². The summed E-state index contributed by atoms with van der Waals surface area (Å²) in [6.07, 6.45) is 0. The number of carbonyl (C=O) groups is 1. The predicted molar refractivity (Wildman–Crippen MR) is 134 cm³/mol. The molecule has 4 rings (SSSR count). The van der Waals surface area contributed by atoms with Gasteiger partial charge in [-0.15, -0.1) is 11.3 Å². The molecule has 0 spiro atoms. The molecule has 1 amide bonds. The van der Waals surface area contributed by atoms with Crippen LogP contribution in [0.15, 0.2) is 60.0 Å². The van der Waals surface area contributed by atoms with Crippen LogP contribution in [-0.4, -0.2) is 57.2 Å². The molecule has 8 heteroatoms. The van der Waals surface area contributed by atoms with Gasteiger partial charge in [0.2, 0.25) is 0 Å². The number of rotatable bonds is 8. The number of hydrogen-bond donors (Lipinski definition) is 1. The monoisotopic (exact) mass is 483 g/mol. The quantitative estimate of drug-likeness (QED) is 0.508. The summed E-state index contributed by atoms with van der Waals surface area (Å²) in [5, 5.41) is 5.24. The number of halogens is 1. The molecule has 1 aliphatic rings. The first kappa shape index (κ1) is 24.0.